The highest BCUT2D eigenvalue weighted by atomic mass is 35.5. The van der Waals surface area contributed by atoms with Gasteiger partial charge in [-0.15, -0.1) is 34.5 Å². The van der Waals surface area contributed by atoms with Crippen molar-refractivity contribution in [2.45, 2.75) is 43.0 Å². The van der Waals surface area contributed by atoms with Gasteiger partial charge < -0.3 is 15.0 Å². The lowest BCUT2D eigenvalue weighted by Gasteiger charge is -2.45. The number of alkyl carbamates (subject to hydrolysis) is 1. The number of carbonyl (C=O) groups excluding carboxylic acids is 2. The van der Waals surface area contributed by atoms with E-state index < -0.39 is 22.8 Å². The molecule has 1 spiro atoms. The second kappa shape index (κ2) is 7.60. The summed E-state index contributed by atoms with van der Waals surface area (Å²) in [5.74, 6) is -0.608. The molecule has 29 heavy (non-hydrogen) atoms. The Bertz CT molecular complexity index is 990. The summed E-state index contributed by atoms with van der Waals surface area (Å²) in [5.41, 5.74) is 0.723. The van der Waals surface area contributed by atoms with Gasteiger partial charge in [-0.1, -0.05) is 13.8 Å². The summed E-state index contributed by atoms with van der Waals surface area (Å²) < 4.78 is 20.7. The minimum Gasteiger partial charge on any atom is -0.447 e. The van der Waals surface area contributed by atoms with Crippen molar-refractivity contribution in [1.29, 1.82) is 0 Å². The minimum atomic E-state index is -0.514. The molecular weight excluding hydrogens is 438 g/mol. The molecule has 9 heteroatoms. The Labute approximate surface area is 182 Å². The highest BCUT2D eigenvalue weighted by Crippen LogP contribution is 2.43. The summed E-state index contributed by atoms with van der Waals surface area (Å²) >= 11 is 14.1. The maximum Gasteiger partial charge on any atom is 0.407 e. The molecule has 156 valence electrons. The first-order valence-electron chi connectivity index (χ1n) is 9.56. The molecule has 3 heterocycles. The van der Waals surface area contributed by atoms with Gasteiger partial charge in [0, 0.05) is 28.7 Å². The number of thiophene rings is 1. The normalized spacial score (nSPS) is 19.8. The lowest BCUT2D eigenvalue weighted by atomic mass is 9.91. The second-order valence-electron chi connectivity index (χ2n) is 7.61. The van der Waals surface area contributed by atoms with E-state index in [0.717, 1.165) is 0 Å². The Balaban J connectivity index is 1.72. The number of cyclic esters (lactones) is 1. The first kappa shape index (κ1) is 20.7. The van der Waals surface area contributed by atoms with Crippen LogP contribution in [0.1, 0.15) is 58.2 Å². The topological polar surface area (TPSA) is 58.6 Å². The van der Waals surface area contributed by atoms with E-state index in [1.165, 1.54) is 17.4 Å². The Morgan fingerprint density at radius 2 is 2.00 bits per heavy atom. The Morgan fingerprint density at radius 1 is 1.31 bits per heavy atom. The summed E-state index contributed by atoms with van der Waals surface area (Å²) in [6.07, 6.45) is 0.774. The van der Waals surface area contributed by atoms with Crippen LogP contribution in [-0.2, 0) is 4.74 Å². The maximum absolute atomic E-state index is 15.1. The van der Waals surface area contributed by atoms with Crippen molar-refractivity contribution in [2.24, 2.45) is 0 Å². The molecule has 2 aliphatic heterocycles. The van der Waals surface area contributed by atoms with Crippen LogP contribution >= 0.6 is 34.5 Å². The zero-order chi connectivity index (χ0) is 20.9. The number of ether oxygens (including phenoxy) is 1. The SMILES string of the molecule is CCC(Cl)c1cc(F)c2c(C(Cl)CC)c(C(=O)N3CC4(COC(=O)N4)C3)sc2c1. The molecule has 1 aromatic heterocycles. The summed E-state index contributed by atoms with van der Waals surface area (Å²) in [6.45, 7) is 4.80. The van der Waals surface area contributed by atoms with Crippen LogP contribution in [0.4, 0.5) is 9.18 Å². The van der Waals surface area contributed by atoms with E-state index in [2.05, 4.69) is 5.32 Å². The van der Waals surface area contributed by atoms with Gasteiger partial charge in [0.15, 0.2) is 0 Å². The van der Waals surface area contributed by atoms with Gasteiger partial charge in [-0.05, 0) is 30.5 Å². The van der Waals surface area contributed by atoms with Gasteiger partial charge in [0.1, 0.15) is 18.0 Å². The summed E-state index contributed by atoms with van der Waals surface area (Å²) in [4.78, 5) is 26.6. The van der Waals surface area contributed by atoms with E-state index in [1.54, 1.807) is 4.90 Å². The van der Waals surface area contributed by atoms with Crippen LogP contribution in [0.25, 0.3) is 10.1 Å². The van der Waals surface area contributed by atoms with Gasteiger partial charge in [-0.3, -0.25) is 4.79 Å². The fourth-order valence-corrected chi connectivity index (χ4v) is 5.64. The maximum atomic E-state index is 15.1. The number of nitrogens with one attached hydrogen (secondary N) is 1. The summed E-state index contributed by atoms with van der Waals surface area (Å²) in [6, 6.07) is 3.30. The summed E-state index contributed by atoms with van der Waals surface area (Å²) in [5, 5.41) is 2.39. The molecule has 0 bridgehead atoms. The highest BCUT2D eigenvalue weighted by Gasteiger charge is 2.51. The van der Waals surface area contributed by atoms with E-state index in [0.29, 0.717) is 52.0 Å². The molecule has 5 nitrogen and oxygen atoms in total. The molecule has 2 aromatic rings. The number of nitrogens with zero attached hydrogens (tertiary/aromatic N) is 1. The van der Waals surface area contributed by atoms with Gasteiger partial charge in [0.25, 0.3) is 5.91 Å². The van der Waals surface area contributed by atoms with E-state index in [9.17, 15) is 9.59 Å². The van der Waals surface area contributed by atoms with Crippen molar-refractivity contribution in [3.63, 3.8) is 0 Å². The third-order valence-corrected chi connectivity index (χ3v) is 7.74. The molecule has 0 aliphatic carbocycles. The molecule has 2 aliphatic rings. The van der Waals surface area contributed by atoms with Crippen molar-refractivity contribution in [2.75, 3.05) is 19.7 Å². The number of hydrogen-bond acceptors (Lipinski definition) is 4. The van der Waals surface area contributed by atoms with Gasteiger partial charge in [-0.25, -0.2) is 9.18 Å². The molecule has 2 unspecified atom stereocenters. The largest absolute Gasteiger partial charge is 0.447 e. The fourth-order valence-electron chi connectivity index (χ4n) is 3.93. The number of carbonyl (C=O) groups is 2. The van der Waals surface area contributed by atoms with Crippen LogP contribution in [0.5, 0.6) is 0 Å². The number of alkyl halides is 2. The van der Waals surface area contributed by atoms with Crippen molar-refractivity contribution < 1.29 is 18.7 Å². The number of likely N-dealkylation sites (tertiary alicyclic amines) is 1. The molecule has 0 radical (unpaired) electrons. The summed E-state index contributed by atoms with van der Waals surface area (Å²) in [7, 11) is 0. The van der Waals surface area contributed by atoms with E-state index in [1.807, 2.05) is 19.9 Å². The number of hydrogen-bond donors (Lipinski definition) is 1. The first-order chi connectivity index (χ1) is 13.8. The molecule has 0 saturated carbocycles. The van der Waals surface area contributed by atoms with Crippen LogP contribution < -0.4 is 5.32 Å². The quantitative estimate of drug-likeness (QED) is 0.613. The van der Waals surface area contributed by atoms with Gasteiger partial charge >= 0.3 is 6.09 Å². The number of rotatable bonds is 5. The minimum absolute atomic E-state index is 0.203. The third kappa shape index (κ3) is 3.47. The number of halogens is 3. The zero-order valence-corrected chi connectivity index (χ0v) is 18.4. The van der Waals surface area contributed by atoms with E-state index >= 15 is 4.39 Å². The lowest BCUT2D eigenvalue weighted by molar-refractivity contribution is 0.0321. The molecular formula is C20H21Cl2FN2O3S. The van der Waals surface area contributed by atoms with Crippen molar-refractivity contribution in [3.05, 3.63) is 34.0 Å². The predicted octanol–water partition coefficient (Wildman–Crippen LogP) is 5.35. The average Bonchev–Trinajstić information content (AvgIpc) is 3.26. The standard InChI is InChI=1S/C20H21Cl2FN2O3S/c1-3-11(21)10-5-13(23)16-14(6-10)29-17(15(16)12(22)4-2)18(26)25-7-20(8-25)9-28-19(27)24-20/h5-6,11-12H,3-4,7-9H2,1-2H3,(H,24,27). The molecule has 2 fully saturated rings. The monoisotopic (exact) mass is 458 g/mol. The van der Waals surface area contributed by atoms with Gasteiger partial charge in [0.05, 0.1) is 15.6 Å². The average molecular weight is 459 g/mol. The van der Waals surface area contributed by atoms with Crippen LogP contribution in [0, 0.1) is 5.82 Å². The first-order valence-corrected chi connectivity index (χ1v) is 11.3. The van der Waals surface area contributed by atoms with Crippen molar-refractivity contribution in [1.82, 2.24) is 10.2 Å². The predicted molar refractivity (Wildman–Crippen MR) is 113 cm³/mol. The van der Waals surface area contributed by atoms with Crippen LogP contribution in [0.2, 0.25) is 0 Å². The third-order valence-electron chi connectivity index (χ3n) is 5.51. The van der Waals surface area contributed by atoms with Crippen molar-refractivity contribution in [3.8, 4) is 0 Å². The highest BCUT2D eigenvalue weighted by molar-refractivity contribution is 7.21. The number of benzene rings is 1. The molecule has 2 saturated heterocycles. The van der Waals surface area contributed by atoms with Gasteiger partial charge in [0.2, 0.25) is 0 Å². The lowest BCUT2D eigenvalue weighted by Crippen LogP contribution is -2.69. The molecule has 1 aromatic carbocycles. The van der Waals surface area contributed by atoms with Crippen LogP contribution in [0.15, 0.2) is 12.1 Å². The van der Waals surface area contributed by atoms with Crippen LogP contribution in [-0.4, -0.2) is 42.1 Å². The Hall–Kier alpha value is -1.57. The van der Waals surface area contributed by atoms with E-state index in [4.69, 9.17) is 27.9 Å². The van der Waals surface area contributed by atoms with Crippen molar-refractivity contribution >= 4 is 56.6 Å². The smallest absolute Gasteiger partial charge is 0.407 e. The molecule has 4 rings (SSSR count). The number of amides is 2. The second-order valence-corrected chi connectivity index (χ2v) is 9.72. The van der Waals surface area contributed by atoms with Crippen LogP contribution in [0.3, 0.4) is 0 Å². The Kier molecular flexibility index (Phi) is 5.42. The molecule has 2 atom stereocenters. The van der Waals surface area contributed by atoms with E-state index in [-0.39, 0.29) is 17.9 Å². The zero-order valence-electron chi connectivity index (χ0n) is 16.1. The Morgan fingerprint density at radius 3 is 2.59 bits per heavy atom. The van der Waals surface area contributed by atoms with Gasteiger partial charge in [-0.2, -0.15) is 0 Å². The fraction of sp³-hybridized carbons (Fsp3) is 0.500. The molecule has 1 N–H and O–H groups in total. The molecule has 2 amide bonds. The number of fused-ring (bicyclic) bond motifs is 1.